The van der Waals surface area contributed by atoms with E-state index in [0.29, 0.717) is 19.5 Å². The molecule has 0 spiro atoms. The molecule has 2 atom stereocenters. The maximum Gasteiger partial charge on any atom is 0.325 e. The van der Waals surface area contributed by atoms with Gasteiger partial charge in [-0.05, 0) is 27.2 Å². The average molecular weight is 266 g/mol. The van der Waals surface area contributed by atoms with E-state index in [1.807, 2.05) is 25.6 Å². The fourth-order valence-corrected chi connectivity index (χ4v) is 2.95. The molecule has 0 aromatic carbocycles. The molecule has 6 heteroatoms. The number of nitrogens with zero attached hydrogens (tertiary/aromatic N) is 3. The summed E-state index contributed by atoms with van der Waals surface area (Å²) in [5.41, 5.74) is 8.11. The van der Waals surface area contributed by atoms with Crippen molar-refractivity contribution < 1.29 is 9.90 Å². The zero-order valence-corrected chi connectivity index (χ0v) is 12.0. The highest BCUT2D eigenvalue weighted by Crippen LogP contribution is 2.31. The maximum absolute atomic E-state index is 11.2. The molecule has 1 aliphatic rings. The number of nitrogens with two attached hydrogens (primary N) is 1. The van der Waals surface area contributed by atoms with Gasteiger partial charge in [0.05, 0.1) is 5.69 Å². The van der Waals surface area contributed by atoms with Crippen LogP contribution in [0.25, 0.3) is 0 Å². The van der Waals surface area contributed by atoms with Gasteiger partial charge in [0.15, 0.2) is 0 Å². The second-order valence-electron chi connectivity index (χ2n) is 5.57. The van der Waals surface area contributed by atoms with Crippen LogP contribution in [-0.2, 0) is 11.8 Å². The average Bonchev–Trinajstić information content (AvgIpc) is 2.83. The van der Waals surface area contributed by atoms with Crippen molar-refractivity contribution in [2.75, 3.05) is 13.1 Å². The van der Waals surface area contributed by atoms with Gasteiger partial charge in [0.2, 0.25) is 0 Å². The van der Waals surface area contributed by atoms with E-state index in [1.54, 1.807) is 0 Å². The number of hydrogen-bond donors (Lipinski definition) is 2. The summed E-state index contributed by atoms with van der Waals surface area (Å²) in [7, 11) is 1.92. The van der Waals surface area contributed by atoms with Crippen LogP contribution in [-0.4, -0.2) is 44.4 Å². The van der Waals surface area contributed by atoms with Gasteiger partial charge in [-0.1, -0.05) is 0 Å². The number of carboxylic acids is 1. The zero-order chi connectivity index (χ0) is 14.4. The standard InChI is InChI=1S/C13H22N4O2/c1-8-11(9(2)16(4)15-8)10(3)17-6-5-13(14,7-17)12(18)19/h10H,5-7,14H2,1-4H3,(H,18,19). The fourth-order valence-electron chi connectivity index (χ4n) is 2.95. The summed E-state index contributed by atoms with van der Waals surface area (Å²) < 4.78 is 1.87. The van der Waals surface area contributed by atoms with Crippen molar-refractivity contribution in [2.24, 2.45) is 12.8 Å². The first-order valence-electron chi connectivity index (χ1n) is 6.52. The molecule has 2 heterocycles. The van der Waals surface area contributed by atoms with Crippen LogP contribution < -0.4 is 5.73 Å². The van der Waals surface area contributed by atoms with Crippen molar-refractivity contribution in [3.63, 3.8) is 0 Å². The molecule has 1 aromatic heterocycles. The third-order valence-electron chi connectivity index (χ3n) is 4.29. The van der Waals surface area contributed by atoms with E-state index in [-0.39, 0.29) is 6.04 Å². The van der Waals surface area contributed by atoms with E-state index >= 15 is 0 Å². The number of carboxylic acid groups (broad SMARTS) is 1. The Balaban J connectivity index is 2.22. The van der Waals surface area contributed by atoms with Crippen LogP contribution in [0.15, 0.2) is 0 Å². The van der Waals surface area contributed by atoms with E-state index in [2.05, 4.69) is 16.9 Å². The Morgan fingerprint density at radius 2 is 2.16 bits per heavy atom. The first-order chi connectivity index (χ1) is 8.76. The van der Waals surface area contributed by atoms with Crippen molar-refractivity contribution >= 4 is 5.97 Å². The van der Waals surface area contributed by atoms with E-state index < -0.39 is 11.5 Å². The lowest BCUT2D eigenvalue weighted by atomic mass is 10.0. The van der Waals surface area contributed by atoms with E-state index in [9.17, 15) is 9.90 Å². The van der Waals surface area contributed by atoms with E-state index in [4.69, 9.17) is 5.73 Å². The van der Waals surface area contributed by atoms with Crippen molar-refractivity contribution in [3.05, 3.63) is 17.0 Å². The van der Waals surface area contributed by atoms with Crippen LogP contribution >= 0.6 is 0 Å². The molecule has 1 fully saturated rings. The Kier molecular flexibility index (Phi) is 3.40. The molecular formula is C13H22N4O2. The molecule has 1 aromatic rings. The third-order valence-corrected chi connectivity index (χ3v) is 4.29. The molecule has 106 valence electrons. The highest BCUT2D eigenvalue weighted by Gasteiger charge is 2.43. The lowest BCUT2D eigenvalue weighted by Crippen LogP contribution is -2.50. The Labute approximate surface area is 113 Å². The van der Waals surface area contributed by atoms with E-state index in [1.165, 1.54) is 5.56 Å². The van der Waals surface area contributed by atoms with Crippen molar-refractivity contribution in [1.29, 1.82) is 0 Å². The topological polar surface area (TPSA) is 84.4 Å². The molecule has 2 unspecified atom stereocenters. The van der Waals surface area contributed by atoms with Crippen molar-refractivity contribution in [1.82, 2.24) is 14.7 Å². The summed E-state index contributed by atoms with van der Waals surface area (Å²) in [5.74, 6) is -0.915. The van der Waals surface area contributed by atoms with Crippen molar-refractivity contribution in [3.8, 4) is 0 Å². The number of carbonyl (C=O) groups is 1. The quantitative estimate of drug-likeness (QED) is 0.836. The van der Waals surface area contributed by atoms with Gasteiger partial charge in [-0.15, -0.1) is 0 Å². The number of aromatic nitrogens is 2. The van der Waals surface area contributed by atoms with Crippen LogP contribution in [0.5, 0.6) is 0 Å². The van der Waals surface area contributed by atoms with Crippen LogP contribution in [0.4, 0.5) is 0 Å². The fraction of sp³-hybridized carbons (Fsp3) is 0.692. The normalized spacial score (nSPS) is 25.7. The predicted octanol–water partition coefficient (Wildman–Crippen LogP) is 0.586. The Morgan fingerprint density at radius 1 is 1.53 bits per heavy atom. The maximum atomic E-state index is 11.2. The molecule has 19 heavy (non-hydrogen) atoms. The van der Waals surface area contributed by atoms with Gasteiger partial charge in [0.25, 0.3) is 0 Å². The smallest absolute Gasteiger partial charge is 0.325 e. The molecular weight excluding hydrogens is 244 g/mol. The van der Waals surface area contributed by atoms with E-state index in [0.717, 1.165) is 11.4 Å². The van der Waals surface area contributed by atoms with Gasteiger partial charge in [-0.2, -0.15) is 5.10 Å². The third kappa shape index (κ3) is 2.26. The minimum absolute atomic E-state index is 0.137. The largest absolute Gasteiger partial charge is 0.480 e. The number of hydrogen-bond acceptors (Lipinski definition) is 4. The SMILES string of the molecule is Cc1nn(C)c(C)c1C(C)N1CCC(N)(C(=O)O)C1. The molecule has 1 saturated heterocycles. The van der Waals surface area contributed by atoms with Crippen molar-refractivity contribution in [2.45, 2.75) is 38.8 Å². The van der Waals surface area contributed by atoms with Crippen LogP contribution in [0.2, 0.25) is 0 Å². The second kappa shape index (κ2) is 4.61. The number of aliphatic carboxylic acids is 1. The minimum atomic E-state index is -1.11. The highest BCUT2D eigenvalue weighted by molar-refractivity contribution is 5.79. The van der Waals surface area contributed by atoms with Gasteiger partial charge in [-0.25, -0.2) is 0 Å². The number of aryl methyl sites for hydroxylation is 2. The van der Waals surface area contributed by atoms with Gasteiger partial charge in [0, 0.05) is 37.4 Å². The predicted molar refractivity (Wildman–Crippen MR) is 71.8 cm³/mol. The lowest BCUT2D eigenvalue weighted by Gasteiger charge is -2.26. The number of rotatable bonds is 3. The zero-order valence-electron chi connectivity index (χ0n) is 12.0. The molecule has 0 amide bonds. The summed E-state index contributed by atoms with van der Waals surface area (Å²) in [5, 5.41) is 13.6. The minimum Gasteiger partial charge on any atom is -0.480 e. The summed E-state index contributed by atoms with van der Waals surface area (Å²) >= 11 is 0. The first kappa shape index (κ1) is 14.0. The van der Waals surface area contributed by atoms with Gasteiger partial charge < -0.3 is 10.8 Å². The summed E-state index contributed by atoms with van der Waals surface area (Å²) in [6.07, 6.45) is 0.491. The number of likely N-dealkylation sites (tertiary alicyclic amines) is 1. The Morgan fingerprint density at radius 3 is 2.58 bits per heavy atom. The highest BCUT2D eigenvalue weighted by atomic mass is 16.4. The molecule has 2 rings (SSSR count). The monoisotopic (exact) mass is 266 g/mol. The van der Waals surface area contributed by atoms with Crippen LogP contribution in [0.1, 0.15) is 36.3 Å². The van der Waals surface area contributed by atoms with Gasteiger partial charge in [0.1, 0.15) is 5.54 Å². The molecule has 0 aliphatic carbocycles. The molecule has 0 radical (unpaired) electrons. The van der Waals surface area contributed by atoms with Gasteiger partial charge in [-0.3, -0.25) is 14.4 Å². The summed E-state index contributed by atoms with van der Waals surface area (Å²) in [6, 6.07) is 0.137. The lowest BCUT2D eigenvalue weighted by molar-refractivity contribution is -0.142. The first-order valence-corrected chi connectivity index (χ1v) is 6.52. The Hall–Kier alpha value is -1.40. The Bertz CT molecular complexity index is 511. The molecule has 3 N–H and O–H groups in total. The molecule has 1 aliphatic heterocycles. The molecule has 6 nitrogen and oxygen atoms in total. The molecule has 0 saturated carbocycles. The molecule has 0 bridgehead atoms. The summed E-state index contributed by atoms with van der Waals surface area (Å²) in [4.78, 5) is 13.3. The summed E-state index contributed by atoms with van der Waals surface area (Å²) in [6.45, 7) is 7.20. The second-order valence-corrected chi connectivity index (χ2v) is 5.57. The van der Waals surface area contributed by atoms with Crippen LogP contribution in [0, 0.1) is 13.8 Å². The van der Waals surface area contributed by atoms with Crippen LogP contribution in [0.3, 0.4) is 0 Å². The van der Waals surface area contributed by atoms with Gasteiger partial charge >= 0.3 is 5.97 Å².